The first-order valence-electron chi connectivity index (χ1n) is 14.8. The van der Waals surface area contributed by atoms with E-state index in [-0.39, 0.29) is 23.0 Å². The molecule has 9 nitrogen and oxygen atoms in total. The van der Waals surface area contributed by atoms with Crippen LogP contribution in [0.25, 0.3) is 0 Å². The first kappa shape index (κ1) is 36.5. The van der Waals surface area contributed by atoms with Gasteiger partial charge >= 0.3 is 11.9 Å². The second-order valence-electron chi connectivity index (χ2n) is 12.3. The predicted molar refractivity (Wildman–Crippen MR) is 156 cm³/mol. The van der Waals surface area contributed by atoms with E-state index in [2.05, 4.69) is 39.5 Å². The molecule has 2 heterocycles. The molecule has 1 aliphatic heterocycles. The Morgan fingerprint density at radius 2 is 1.10 bits per heavy atom. The Kier molecular flexibility index (Phi) is 17.1. The molecule has 6 N–H and O–H groups in total. The Morgan fingerprint density at radius 1 is 0.775 bits per heavy atom. The van der Waals surface area contributed by atoms with Crippen LogP contribution >= 0.6 is 0 Å². The van der Waals surface area contributed by atoms with Crippen molar-refractivity contribution in [2.45, 2.75) is 123 Å². The molecule has 1 aromatic rings. The van der Waals surface area contributed by atoms with Gasteiger partial charge in [-0.3, -0.25) is 14.6 Å². The van der Waals surface area contributed by atoms with Crippen LogP contribution in [0.15, 0.2) is 18.2 Å². The molecule has 40 heavy (non-hydrogen) atoms. The number of nitrogens with one attached hydrogen (secondary N) is 4. The minimum Gasteiger partial charge on any atom is -0.481 e. The third kappa shape index (κ3) is 13.9. The number of hydrogen-bond acceptors (Lipinski definition) is 7. The van der Waals surface area contributed by atoms with Crippen molar-refractivity contribution >= 4 is 11.9 Å². The summed E-state index contributed by atoms with van der Waals surface area (Å²) in [5, 5.41) is 31.5. The van der Waals surface area contributed by atoms with Crippen LogP contribution in [0.2, 0.25) is 0 Å². The number of carboxylic acid groups (broad SMARTS) is 2. The summed E-state index contributed by atoms with van der Waals surface area (Å²) in [5.74, 6) is -1.73. The van der Waals surface area contributed by atoms with Crippen LogP contribution in [0.5, 0.6) is 0 Å². The summed E-state index contributed by atoms with van der Waals surface area (Å²) in [5.41, 5.74) is 1.75. The topological polar surface area (TPSA) is 136 Å². The van der Waals surface area contributed by atoms with E-state index in [4.69, 9.17) is 15.2 Å². The smallest absolute Gasteiger partial charge is 0.308 e. The van der Waals surface area contributed by atoms with Gasteiger partial charge in [-0.2, -0.15) is 0 Å². The zero-order valence-electron chi connectivity index (χ0n) is 25.1. The molecule has 1 radical (unpaired) electrons. The van der Waals surface area contributed by atoms with Crippen molar-refractivity contribution in [3.8, 4) is 0 Å². The molecule has 0 aromatic carbocycles. The van der Waals surface area contributed by atoms with Gasteiger partial charge in [0.25, 0.3) is 0 Å². The Hall–Kier alpha value is -1.55. The summed E-state index contributed by atoms with van der Waals surface area (Å²) < 4.78 is 0. The second kappa shape index (κ2) is 18.8. The van der Waals surface area contributed by atoms with Gasteiger partial charge in [-0.1, -0.05) is 45.6 Å². The van der Waals surface area contributed by atoms with Gasteiger partial charge in [-0.15, -0.1) is 0 Å². The number of carbonyl (C=O) groups is 2. The maximum Gasteiger partial charge on any atom is 0.308 e. The summed E-state index contributed by atoms with van der Waals surface area (Å²) in [7, 11) is 0. The second-order valence-corrected chi connectivity index (χ2v) is 12.3. The first-order valence-corrected chi connectivity index (χ1v) is 14.8. The summed E-state index contributed by atoms with van der Waals surface area (Å²) in [6.45, 7) is 12.2. The van der Waals surface area contributed by atoms with Gasteiger partial charge < -0.3 is 31.5 Å². The van der Waals surface area contributed by atoms with Gasteiger partial charge in [-0.25, -0.2) is 0 Å². The van der Waals surface area contributed by atoms with E-state index in [0.29, 0.717) is 24.2 Å². The monoisotopic (exact) mass is 602 g/mol. The van der Waals surface area contributed by atoms with E-state index in [0.717, 1.165) is 26.2 Å². The Morgan fingerprint density at radius 3 is 1.40 bits per heavy atom. The number of fused-ring (bicyclic) bond motifs is 4. The molecular formula is C30H53MnN5O4. The van der Waals surface area contributed by atoms with E-state index >= 15 is 0 Å². The largest absolute Gasteiger partial charge is 0.481 e. The molecule has 2 bridgehead atoms. The molecule has 0 amide bonds. The summed E-state index contributed by atoms with van der Waals surface area (Å²) >= 11 is 0. The molecular weight excluding hydrogens is 549 g/mol. The number of carboxylic acids is 2. The van der Waals surface area contributed by atoms with Gasteiger partial charge in [0, 0.05) is 67.4 Å². The maximum atomic E-state index is 10.0. The van der Waals surface area contributed by atoms with Crippen LogP contribution in [-0.4, -0.2) is 64.4 Å². The number of rotatable bonds is 1. The van der Waals surface area contributed by atoms with Gasteiger partial charge in [0.15, 0.2) is 0 Å². The molecule has 4 atom stereocenters. The number of nitrogens with zero attached hydrogens (tertiary/aromatic N) is 1. The molecule has 4 rings (SSSR count). The van der Waals surface area contributed by atoms with Crippen LogP contribution in [0.3, 0.4) is 0 Å². The maximum absolute atomic E-state index is 10.0. The normalized spacial score (nSPS) is 25.4. The Bertz CT molecular complexity index is 835. The molecule has 2 saturated carbocycles. The standard InChI is InChI=1S/C21H35N5.C5H10O2.C4H8O2.Mn/c1-3-10-20-18(8-1)22-12-13-23-19-9-2-4-11-21(19)25-15-17-7-5-6-16(26-17)14-24-20;1-5(2,3)4(6)7;1-3(2)4(5)6;/h5-7,18-25H,1-4,8-15H2;1-3H3,(H,6,7);3H,1-2H3,(H,5,6);/t18-,19-,20-,21-;;;/m0.../s1. The fourth-order valence-electron chi connectivity index (χ4n) is 4.95. The van der Waals surface area contributed by atoms with Crippen molar-refractivity contribution < 1.29 is 36.9 Å². The number of pyridine rings is 1. The fourth-order valence-corrected chi connectivity index (χ4v) is 4.95. The quantitative estimate of drug-likeness (QED) is 0.265. The molecule has 1 aromatic heterocycles. The van der Waals surface area contributed by atoms with Crippen molar-refractivity contribution in [3.05, 3.63) is 29.6 Å². The van der Waals surface area contributed by atoms with Crippen LogP contribution in [-0.2, 0) is 39.7 Å². The van der Waals surface area contributed by atoms with Crippen LogP contribution in [0.1, 0.15) is 97.4 Å². The van der Waals surface area contributed by atoms with E-state index in [1.54, 1.807) is 34.6 Å². The van der Waals surface area contributed by atoms with E-state index < -0.39 is 17.4 Å². The zero-order chi connectivity index (χ0) is 28.8. The molecule has 2 aliphatic carbocycles. The fraction of sp³-hybridized carbons (Fsp3) is 0.767. The molecule has 2 fully saturated rings. The van der Waals surface area contributed by atoms with Crippen molar-refractivity contribution in [2.24, 2.45) is 11.3 Å². The zero-order valence-corrected chi connectivity index (χ0v) is 26.3. The minimum atomic E-state index is -0.757. The molecule has 10 heteroatoms. The van der Waals surface area contributed by atoms with Crippen molar-refractivity contribution in [1.82, 2.24) is 26.3 Å². The van der Waals surface area contributed by atoms with E-state index in [9.17, 15) is 9.59 Å². The van der Waals surface area contributed by atoms with Gasteiger partial charge in [0.05, 0.1) is 22.7 Å². The summed E-state index contributed by atoms with van der Waals surface area (Å²) in [4.78, 5) is 24.6. The molecule has 229 valence electrons. The number of aliphatic carboxylic acids is 2. The Balaban J connectivity index is 0.000000480. The average molecular weight is 603 g/mol. The molecule has 0 unspecified atom stereocenters. The molecule has 0 saturated heterocycles. The SMILES string of the molecule is CC(C)(C)C(=O)O.CC(C)C(=O)O.[Mn].c1cc2nc(c1)CN[C@H]1CCCC[C@@H]1NCCN[C@H]1CCCC[C@@H]1NC2. The van der Waals surface area contributed by atoms with Gasteiger partial charge in [0.2, 0.25) is 0 Å². The van der Waals surface area contributed by atoms with Crippen LogP contribution in [0, 0.1) is 11.3 Å². The van der Waals surface area contributed by atoms with Gasteiger partial charge in [0.1, 0.15) is 0 Å². The molecule has 3 aliphatic rings. The summed E-state index contributed by atoms with van der Waals surface area (Å²) in [6, 6.07) is 8.81. The van der Waals surface area contributed by atoms with Crippen LogP contribution < -0.4 is 21.3 Å². The predicted octanol–water partition coefficient (Wildman–Crippen LogP) is 3.92. The van der Waals surface area contributed by atoms with Gasteiger partial charge in [-0.05, 0) is 58.6 Å². The van der Waals surface area contributed by atoms with Crippen molar-refractivity contribution in [3.63, 3.8) is 0 Å². The van der Waals surface area contributed by atoms with E-state index in [1.165, 1.54) is 62.8 Å². The third-order valence-corrected chi connectivity index (χ3v) is 7.56. The van der Waals surface area contributed by atoms with Crippen LogP contribution in [0.4, 0.5) is 0 Å². The third-order valence-electron chi connectivity index (χ3n) is 7.56. The first-order chi connectivity index (χ1) is 18.5. The minimum absolute atomic E-state index is 0. The summed E-state index contributed by atoms with van der Waals surface area (Å²) in [6.07, 6.45) is 10.5. The molecule has 0 spiro atoms. The average Bonchev–Trinajstić information content (AvgIpc) is 2.90. The van der Waals surface area contributed by atoms with Crippen molar-refractivity contribution in [1.29, 1.82) is 0 Å². The number of hydrogen-bond donors (Lipinski definition) is 6. The Labute approximate surface area is 251 Å². The van der Waals surface area contributed by atoms with Crippen molar-refractivity contribution in [2.75, 3.05) is 13.1 Å². The van der Waals surface area contributed by atoms with E-state index in [1.807, 2.05) is 0 Å². The number of aromatic nitrogens is 1.